The van der Waals surface area contributed by atoms with Gasteiger partial charge in [-0.15, -0.1) is 0 Å². The highest BCUT2D eigenvalue weighted by atomic mass is 16.5. The number of hydrogen-bond donors (Lipinski definition) is 4. The van der Waals surface area contributed by atoms with Crippen LogP contribution in [0.3, 0.4) is 0 Å². The van der Waals surface area contributed by atoms with Crippen molar-refractivity contribution in [3.63, 3.8) is 0 Å². The minimum absolute atomic E-state index is 0.114. The van der Waals surface area contributed by atoms with Gasteiger partial charge in [0.1, 0.15) is 23.5 Å². The minimum atomic E-state index is -2.65. The van der Waals surface area contributed by atoms with Crippen molar-refractivity contribution in [1.29, 1.82) is 0 Å². The Morgan fingerprint density at radius 3 is 2.34 bits per heavy atom. The van der Waals surface area contributed by atoms with E-state index in [1.165, 1.54) is 29.1 Å². The molecule has 0 spiro atoms. The van der Waals surface area contributed by atoms with Gasteiger partial charge in [0.2, 0.25) is 11.6 Å². The fourth-order valence-corrected chi connectivity index (χ4v) is 5.44. The number of imide groups is 1. The summed E-state index contributed by atoms with van der Waals surface area (Å²) in [5.74, 6) is -2.45. The van der Waals surface area contributed by atoms with Gasteiger partial charge in [0.15, 0.2) is 0 Å². The molecule has 2 saturated heterocycles. The van der Waals surface area contributed by atoms with E-state index in [1.807, 2.05) is 18.2 Å². The van der Waals surface area contributed by atoms with Crippen LogP contribution >= 0.6 is 0 Å². The van der Waals surface area contributed by atoms with Gasteiger partial charge in [0, 0.05) is 48.2 Å². The highest BCUT2D eigenvalue weighted by molar-refractivity contribution is 6.57. The maximum absolute atomic E-state index is 13.5. The fourth-order valence-electron chi connectivity index (χ4n) is 5.44. The zero-order chi connectivity index (χ0) is 27.3. The summed E-state index contributed by atoms with van der Waals surface area (Å²) in [5.41, 5.74) is -0.965. The summed E-state index contributed by atoms with van der Waals surface area (Å²) in [7, 11) is 4.06. The molecule has 0 aliphatic carbocycles. The summed E-state index contributed by atoms with van der Waals surface area (Å²) < 4.78 is 5.46. The standard InChI is InChI=1S/C25H31B3N4O6/c26-23(27)21(34)30-22(35)24(36,25(23,28)37)32-14-18-17(20(32)33)6-3-7-19(18)29-12-15-4-1-2-5-16(15)13-31-8-10-38-11-9-31/h1-7,29,36-37H,8-14,26-28H2,(H,30,34,35). The van der Waals surface area contributed by atoms with Crippen molar-refractivity contribution >= 4 is 46.9 Å². The summed E-state index contributed by atoms with van der Waals surface area (Å²) in [5, 5.41) is 27.0. The molecule has 10 nitrogen and oxygen atoms in total. The van der Waals surface area contributed by atoms with E-state index in [0.29, 0.717) is 23.4 Å². The Morgan fingerprint density at radius 2 is 1.63 bits per heavy atom. The number of anilines is 1. The number of ether oxygens (including phenoxy) is 1. The van der Waals surface area contributed by atoms with Crippen LogP contribution in [0.15, 0.2) is 42.5 Å². The molecule has 0 saturated carbocycles. The Balaban J connectivity index is 1.39. The molecule has 3 amide bonds. The number of amides is 3. The summed E-state index contributed by atoms with van der Waals surface area (Å²) in [6.45, 7) is 4.43. The van der Waals surface area contributed by atoms with Crippen LogP contribution in [-0.2, 0) is 34.0 Å². The quantitative estimate of drug-likeness (QED) is 0.239. The Morgan fingerprint density at radius 1 is 0.947 bits per heavy atom. The molecule has 3 aliphatic rings. The smallest absolute Gasteiger partial charge is 0.282 e. The normalized spacial score (nSPS) is 27.2. The van der Waals surface area contributed by atoms with Gasteiger partial charge in [-0.1, -0.05) is 30.3 Å². The predicted octanol–water partition coefficient (Wildman–Crippen LogP) is -2.86. The maximum Gasteiger partial charge on any atom is 0.282 e. The number of carbonyl (C=O) groups is 3. The van der Waals surface area contributed by atoms with E-state index in [1.54, 1.807) is 12.1 Å². The number of hydrogen-bond acceptors (Lipinski definition) is 8. The lowest BCUT2D eigenvalue weighted by Gasteiger charge is -2.55. The number of nitrogens with one attached hydrogen (secondary N) is 2. The lowest BCUT2D eigenvalue weighted by molar-refractivity contribution is -0.206. The number of carbonyl (C=O) groups excluding carboxylic acids is 3. The van der Waals surface area contributed by atoms with Gasteiger partial charge in [-0.3, -0.25) is 29.5 Å². The first-order valence-electron chi connectivity index (χ1n) is 12.8. The molecule has 2 atom stereocenters. The zero-order valence-electron chi connectivity index (χ0n) is 21.9. The SMILES string of the molecule is BC1(B)C(=O)NC(=O)C(O)(N2Cc3c(NCc4ccccc4CN4CCOCC4)cccc3C2=O)C1(B)O. The topological polar surface area (TPSA) is 131 Å². The number of fused-ring (bicyclic) bond motifs is 1. The number of benzene rings is 2. The van der Waals surface area contributed by atoms with E-state index < -0.39 is 34.2 Å². The first kappa shape index (κ1) is 26.5. The molecular formula is C25H31B3N4O6. The van der Waals surface area contributed by atoms with Crippen molar-refractivity contribution in [2.75, 3.05) is 31.6 Å². The lowest BCUT2D eigenvalue weighted by Crippen LogP contribution is -2.81. The fraction of sp³-hybridized carbons (Fsp3) is 0.400. The van der Waals surface area contributed by atoms with Crippen LogP contribution in [0.5, 0.6) is 0 Å². The summed E-state index contributed by atoms with van der Waals surface area (Å²) >= 11 is 0. The highest BCUT2D eigenvalue weighted by Gasteiger charge is 2.69. The Kier molecular flexibility index (Phi) is 6.67. The van der Waals surface area contributed by atoms with E-state index >= 15 is 0 Å². The third kappa shape index (κ3) is 4.05. The second-order valence-electron chi connectivity index (χ2n) is 10.9. The highest BCUT2D eigenvalue weighted by Crippen LogP contribution is 2.46. The second-order valence-corrected chi connectivity index (χ2v) is 10.9. The largest absolute Gasteiger partial charge is 0.394 e. The van der Waals surface area contributed by atoms with Gasteiger partial charge in [0.05, 0.1) is 25.3 Å². The van der Waals surface area contributed by atoms with Crippen molar-refractivity contribution in [2.24, 2.45) is 0 Å². The van der Waals surface area contributed by atoms with Crippen LogP contribution < -0.4 is 10.6 Å². The van der Waals surface area contributed by atoms with Crippen molar-refractivity contribution in [1.82, 2.24) is 15.1 Å². The predicted molar refractivity (Wildman–Crippen MR) is 148 cm³/mol. The van der Waals surface area contributed by atoms with Crippen molar-refractivity contribution < 1.29 is 29.3 Å². The summed E-state index contributed by atoms with van der Waals surface area (Å²) in [4.78, 5) is 42.2. The van der Waals surface area contributed by atoms with Gasteiger partial charge in [-0.05, 0) is 23.3 Å². The molecular weight excluding hydrogens is 485 g/mol. The molecule has 2 aromatic carbocycles. The number of nitrogens with zero attached hydrogens (tertiary/aromatic N) is 2. The van der Waals surface area contributed by atoms with Crippen molar-refractivity contribution in [3.8, 4) is 0 Å². The Bertz CT molecular complexity index is 1300. The molecule has 0 bridgehead atoms. The van der Waals surface area contributed by atoms with Gasteiger partial charge in [-0.25, -0.2) is 0 Å². The van der Waals surface area contributed by atoms with Gasteiger partial charge in [0.25, 0.3) is 11.8 Å². The number of piperidine rings is 1. The van der Waals surface area contributed by atoms with Crippen LogP contribution in [0, 0.1) is 0 Å². The number of morpholine rings is 1. The van der Waals surface area contributed by atoms with Crippen LogP contribution in [-0.4, -0.2) is 98.8 Å². The Hall–Kier alpha value is -3.12. The first-order valence-corrected chi connectivity index (χ1v) is 12.8. The molecule has 3 heterocycles. The van der Waals surface area contributed by atoms with Gasteiger partial charge in [-0.2, -0.15) is 0 Å². The van der Waals surface area contributed by atoms with Crippen LogP contribution in [0.1, 0.15) is 27.0 Å². The van der Waals surface area contributed by atoms with Crippen molar-refractivity contribution in [2.45, 2.75) is 36.1 Å². The van der Waals surface area contributed by atoms with E-state index in [4.69, 9.17) is 4.74 Å². The van der Waals surface area contributed by atoms with Gasteiger partial charge >= 0.3 is 0 Å². The molecule has 0 radical (unpaired) electrons. The molecule has 0 aromatic heterocycles. The molecule has 13 heteroatoms. The second kappa shape index (κ2) is 9.57. The third-order valence-corrected chi connectivity index (χ3v) is 8.45. The molecule has 2 unspecified atom stereocenters. The monoisotopic (exact) mass is 516 g/mol. The molecule has 3 aliphatic heterocycles. The van der Waals surface area contributed by atoms with Crippen molar-refractivity contribution in [3.05, 3.63) is 64.7 Å². The van der Waals surface area contributed by atoms with Gasteiger partial charge < -0.3 is 20.3 Å². The third-order valence-electron chi connectivity index (χ3n) is 8.45. The number of aliphatic hydroxyl groups is 2. The average Bonchev–Trinajstić information content (AvgIpc) is 3.24. The van der Waals surface area contributed by atoms with E-state index in [-0.39, 0.29) is 6.54 Å². The maximum atomic E-state index is 13.5. The average molecular weight is 516 g/mol. The number of rotatable bonds is 6. The van der Waals surface area contributed by atoms with E-state index in [9.17, 15) is 24.6 Å². The Labute approximate surface area is 223 Å². The molecule has 196 valence electrons. The first-order chi connectivity index (χ1) is 18.0. The minimum Gasteiger partial charge on any atom is -0.394 e. The molecule has 4 N–H and O–H groups in total. The molecule has 2 aromatic rings. The van der Waals surface area contributed by atoms with E-state index in [0.717, 1.165) is 43.3 Å². The zero-order valence-corrected chi connectivity index (χ0v) is 21.9. The molecule has 2 fully saturated rings. The van der Waals surface area contributed by atoms with E-state index in [2.05, 4.69) is 27.7 Å². The summed E-state index contributed by atoms with van der Waals surface area (Å²) in [6, 6.07) is 13.4. The van der Waals surface area contributed by atoms with Crippen LogP contribution in [0.4, 0.5) is 5.69 Å². The summed E-state index contributed by atoms with van der Waals surface area (Å²) in [6.07, 6.45) is 0. The van der Waals surface area contributed by atoms with Crippen LogP contribution in [0.2, 0.25) is 5.21 Å². The molecule has 38 heavy (non-hydrogen) atoms. The van der Waals surface area contributed by atoms with Crippen LogP contribution in [0.25, 0.3) is 0 Å². The molecule has 5 rings (SSSR count). The lowest BCUT2D eigenvalue weighted by atomic mass is 9.37.